The van der Waals surface area contributed by atoms with Gasteiger partial charge in [0.1, 0.15) is 11.6 Å². The van der Waals surface area contributed by atoms with Gasteiger partial charge in [-0.05, 0) is 17.2 Å². The highest BCUT2D eigenvalue weighted by atomic mass is 19.4. The van der Waals surface area contributed by atoms with Crippen LogP contribution in [0.1, 0.15) is 38.8 Å². The van der Waals surface area contributed by atoms with E-state index in [0.29, 0.717) is 15.8 Å². The fraction of sp³-hybridized carbons (Fsp3) is 0.455. The van der Waals surface area contributed by atoms with E-state index in [1.165, 1.54) is 27.0 Å². The van der Waals surface area contributed by atoms with Crippen molar-refractivity contribution in [1.29, 1.82) is 5.26 Å². The second kappa shape index (κ2) is 7.97. The molecule has 32 heavy (non-hydrogen) atoms. The molecule has 0 spiro atoms. The molecule has 1 saturated heterocycles. The summed E-state index contributed by atoms with van der Waals surface area (Å²) >= 11 is 0. The SMILES string of the molecule is CC(C)(C)[C@]1(C(=O)NC(C#N)c2cncc3ccccc23)C[C@@H](C(F)(F)F)CN1C(=O)O. The number of rotatable bonds is 3. The van der Waals surface area contributed by atoms with E-state index in [1.807, 2.05) is 6.07 Å². The summed E-state index contributed by atoms with van der Waals surface area (Å²) in [5.41, 5.74) is -2.84. The van der Waals surface area contributed by atoms with Gasteiger partial charge < -0.3 is 10.4 Å². The molecule has 170 valence electrons. The van der Waals surface area contributed by atoms with Crippen molar-refractivity contribution in [2.24, 2.45) is 11.3 Å². The highest BCUT2D eigenvalue weighted by Gasteiger charge is 2.64. The maximum absolute atomic E-state index is 13.5. The summed E-state index contributed by atoms with van der Waals surface area (Å²) in [5.74, 6) is -2.94. The Hall–Kier alpha value is -3.35. The topological polar surface area (TPSA) is 106 Å². The number of fused-ring (bicyclic) bond motifs is 1. The molecule has 1 unspecified atom stereocenters. The Balaban J connectivity index is 2.06. The third-order valence-electron chi connectivity index (χ3n) is 6.13. The van der Waals surface area contributed by atoms with Crippen LogP contribution in [-0.4, -0.2) is 45.3 Å². The number of nitrogens with one attached hydrogen (secondary N) is 1. The number of carbonyl (C=O) groups excluding carboxylic acids is 1. The Labute approximate surface area is 182 Å². The van der Waals surface area contributed by atoms with Crippen LogP contribution in [0.4, 0.5) is 18.0 Å². The van der Waals surface area contributed by atoms with Crippen molar-refractivity contribution in [2.75, 3.05) is 6.54 Å². The van der Waals surface area contributed by atoms with Gasteiger partial charge in [-0.25, -0.2) is 4.79 Å². The van der Waals surface area contributed by atoms with Gasteiger partial charge in [-0.1, -0.05) is 45.0 Å². The molecule has 0 saturated carbocycles. The lowest BCUT2D eigenvalue weighted by Crippen LogP contribution is -2.64. The molecule has 1 aliphatic heterocycles. The van der Waals surface area contributed by atoms with Gasteiger partial charge >= 0.3 is 12.3 Å². The largest absolute Gasteiger partial charge is 0.465 e. The van der Waals surface area contributed by atoms with E-state index in [9.17, 15) is 33.1 Å². The minimum atomic E-state index is -4.67. The molecule has 2 heterocycles. The number of nitrogens with zero attached hydrogens (tertiary/aromatic N) is 3. The number of likely N-dealkylation sites (tertiary alicyclic amines) is 1. The lowest BCUT2D eigenvalue weighted by molar-refractivity contribution is -0.171. The van der Waals surface area contributed by atoms with Crippen LogP contribution in [0.15, 0.2) is 36.7 Å². The maximum Gasteiger partial charge on any atom is 0.408 e. The molecular formula is C22H23F3N4O3. The summed E-state index contributed by atoms with van der Waals surface area (Å²) in [5, 5.41) is 23.3. The number of amides is 2. The number of halogens is 3. The molecule has 0 bridgehead atoms. The average Bonchev–Trinajstić information content (AvgIpc) is 3.15. The zero-order valence-corrected chi connectivity index (χ0v) is 17.8. The van der Waals surface area contributed by atoms with E-state index in [4.69, 9.17) is 0 Å². The molecule has 1 aromatic carbocycles. The second-order valence-corrected chi connectivity index (χ2v) is 8.93. The quantitative estimate of drug-likeness (QED) is 0.730. The van der Waals surface area contributed by atoms with E-state index < -0.39 is 54.1 Å². The average molecular weight is 448 g/mol. The second-order valence-electron chi connectivity index (χ2n) is 8.93. The molecule has 3 atom stereocenters. The minimum Gasteiger partial charge on any atom is -0.465 e. The predicted molar refractivity (Wildman–Crippen MR) is 109 cm³/mol. The first-order chi connectivity index (χ1) is 14.8. The zero-order chi connectivity index (χ0) is 23.9. The summed E-state index contributed by atoms with van der Waals surface area (Å²) in [6.45, 7) is 3.70. The fourth-order valence-electron chi connectivity index (χ4n) is 4.44. The molecule has 0 aliphatic carbocycles. The van der Waals surface area contributed by atoms with Crippen molar-refractivity contribution in [1.82, 2.24) is 15.2 Å². The lowest BCUT2D eigenvalue weighted by atomic mass is 9.69. The third-order valence-corrected chi connectivity index (χ3v) is 6.13. The van der Waals surface area contributed by atoms with E-state index in [0.717, 1.165) is 5.39 Å². The first-order valence-electron chi connectivity index (χ1n) is 9.93. The normalized spacial score (nSPS) is 22.4. The first-order valence-corrected chi connectivity index (χ1v) is 9.93. The van der Waals surface area contributed by atoms with E-state index in [1.54, 1.807) is 30.5 Å². The van der Waals surface area contributed by atoms with Crippen molar-refractivity contribution >= 4 is 22.8 Å². The predicted octanol–water partition coefficient (Wildman–Crippen LogP) is 4.26. The van der Waals surface area contributed by atoms with Gasteiger partial charge in [0, 0.05) is 29.9 Å². The van der Waals surface area contributed by atoms with Crippen LogP contribution in [0.3, 0.4) is 0 Å². The number of pyridine rings is 1. The van der Waals surface area contributed by atoms with Gasteiger partial charge in [0.15, 0.2) is 0 Å². The molecule has 3 rings (SSSR count). The van der Waals surface area contributed by atoms with Gasteiger partial charge in [0.2, 0.25) is 5.91 Å². The summed E-state index contributed by atoms with van der Waals surface area (Å²) in [6, 6.07) is 7.76. The number of carbonyl (C=O) groups is 2. The molecule has 1 fully saturated rings. The molecular weight excluding hydrogens is 425 g/mol. The maximum atomic E-state index is 13.5. The fourth-order valence-corrected chi connectivity index (χ4v) is 4.44. The Morgan fingerprint density at radius 1 is 1.28 bits per heavy atom. The number of nitriles is 1. The van der Waals surface area contributed by atoms with Crippen molar-refractivity contribution in [3.05, 3.63) is 42.2 Å². The molecule has 2 aromatic rings. The number of alkyl halides is 3. The summed E-state index contributed by atoms with van der Waals surface area (Å²) in [7, 11) is 0. The summed E-state index contributed by atoms with van der Waals surface area (Å²) in [4.78, 5) is 30.1. The third kappa shape index (κ3) is 3.83. The number of aromatic nitrogens is 1. The molecule has 2 N–H and O–H groups in total. The van der Waals surface area contributed by atoms with Crippen LogP contribution in [0.5, 0.6) is 0 Å². The van der Waals surface area contributed by atoms with Crippen molar-refractivity contribution in [3.8, 4) is 6.07 Å². The van der Waals surface area contributed by atoms with E-state index in [2.05, 4.69) is 10.3 Å². The highest BCUT2D eigenvalue weighted by molar-refractivity contribution is 5.93. The number of hydrogen-bond acceptors (Lipinski definition) is 4. The van der Waals surface area contributed by atoms with Crippen LogP contribution in [-0.2, 0) is 4.79 Å². The monoisotopic (exact) mass is 448 g/mol. The lowest BCUT2D eigenvalue weighted by Gasteiger charge is -2.45. The van der Waals surface area contributed by atoms with Gasteiger partial charge in [0.25, 0.3) is 0 Å². The van der Waals surface area contributed by atoms with Crippen LogP contribution < -0.4 is 5.32 Å². The molecule has 10 heteroatoms. The Bertz CT molecular complexity index is 1080. The Kier molecular flexibility index (Phi) is 5.80. The molecule has 7 nitrogen and oxygen atoms in total. The Morgan fingerprint density at radius 3 is 2.50 bits per heavy atom. The van der Waals surface area contributed by atoms with E-state index >= 15 is 0 Å². The van der Waals surface area contributed by atoms with Gasteiger partial charge in [-0.15, -0.1) is 0 Å². The molecule has 0 radical (unpaired) electrons. The van der Waals surface area contributed by atoms with Crippen molar-refractivity contribution in [2.45, 2.75) is 44.9 Å². The first kappa shape index (κ1) is 23.3. The van der Waals surface area contributed by atoms with Crippen LogP contribution >= 0.6 is 0 Å². The van der Waals surface area contributed by atoms with Crippen molar-refractivity contribution in [3.63, 3.8) is 0 Å². The molecule has 2 amide bonds. The van der Waals surface area contributed by atoms with Crippen molar-refractivity contribution < 1.29 is 27.9 Å². The van der Waals surface area contributed by atoms with Gasteiger partial charge in [0.05, 0.1) is 12.0 Å². The summed E-state index contributed by atoms with van der Waals surface area (Å²) in [6.07, 6.45) is -4.04. The smallest absolute Gasteiger partial charge is 0.408 e. The Morgan fingerprint density at radius 2 is 1.94 bits per heavy atom. The van der Waals surface area contributed by atoms with Crippen LogP contribution in [0, 0.1) is 22.7 Å². The molecule has 1 aromatic heterocycles. The molecule has 1 aliphatic rings. The van der Waals surface area contributed by atoms with E-state index in [-0.39, 0.29) is 0 Å². The van der Waals surface area contributed by atoms with Gasteiger partial charge in [-0.2, -0.15) is 18.4 Å². The van der Waals surface area contributed by atoms with Gasteiger partial charge in [-0.3, -0.25) is 14.7 Å². The minimum absolute atomic E-state index is 0.371. The number of hydrogen-bond donors (Lipinski definition) is 2. The van der Waals surface area contributed by atoms with Crippen LogP contribution in [0.2, 0.25) is 0 Å². The van der Waals surface area contributed by atoms with Crippen LogP contribution in [0.25, 0.3) is 10.8 Å². The zero-order valence-electron chi connectivity index (χ0n) is 17.8. The number of benzene rings is 1. The number of carboxylic acid groups (broad SMARTS) is 1. The standard InChI is InChI=1S/C22H23F3N4O3/c1-20(2,3)21(8-14(22(23,24)25)12-29(21)19(31)32)18(30)28-17(9-26)16-11-27-10-13-6-4-5-7-15(13)16/h4-7,10-11,14,17H,8,12H2,1-3H3,(H,28,30)(H,31,32)/t14-,17?,21-/m1/s1. The highest BCUT2D eigenvalue weighted by Crippen LogP contribution is 2.50. The summed E-state index contributed by atoms with van der Waals surface area (Å²) < 4.78 is 40.6.